The summed E-state index contributed by atoms with van der Waals surface area (Å²) in [5.74, 6) is -2.05. The van der Waals surface area contributed by atoms with Crippen LogP contribution >= 0.6 is 0 Å². The molecule has 0 radical (unpaired) electrons. The van der Waals surface area contributed by atoms with Crippen molar-refractivity contribution in [3.8, 4) is 0 Å². The highest BCUT2D eigenvalue weighted by Gasteiger charge is 2.13. The minimum Gasteiger partial charge on any atom is -0.481 e. The second-order valence-electron chi connectivity index (χ2n) is 5.42. The average Bonchev–Trinajstić information content (AvgIpc) is 2.52. The van der Waals surface area contributed by atoms with Crippen molar-refractivity contribution < 1.29 is 32.4 Å². The smallest absolute Gasteiger partial charge is 0.354 e. The third-order valence-electron chi connectivity index (χ3n) is 3.16. The number of hydrogen-bond donors (Lipinski definition) is 3. The highest BCUT2D eigenvalue weighted by atomic mass is 32.2. The number of unbranched alkanes of at least 4 members (excludes halogenated alkanes) is 1. The first kappa shape index (κ1) is 21.6. The van der Waals surface area contributed by atoms with Crippen LogP contribution in [0.3, 0.4) is 0 Å². The molecule has 144 valence electrons. The fraction of sp³-hybridized carbons (Fsp3) is 0.438. The summed E-state index contributed by atoms with van der Waals surface area (Å²) in [5.41, 5.74) is 3.55. The number of carbonyl (C=O) groups is 2. The van der Waals surface area contributed by atoms with Gasteiger partial charge in [-0.15, -0.1) is 0 Å². The zero-order chi connectivity index (χ0) is 19.6. The van der Waals surface area contributed by atoms with Crippen molar-refractivity contribution in [3.05, 3.63) is 29.8 Å². The predicted octanol–water partition coefficient (Wildman–Crippen LogP) is 2.05. The van der Waals surface area contributed by atoms with Gasteiger partial charge in [0.05, 0.1) is 12.3 Å². The summed E-state index contributed by atoms with van der Waals surface area (Å²) in [4.78, 5) is 22.5. The van der Waals surface area contributed by atoms with Crippen LogP contribution in [0.4, 0.5) is 5.69 Å². The van der Waals surface area contributed by atoms with Crippen LogP contribution in [0, 0.1) is 0 Å². The number of hydrazone groups is 1. The summed E-state index contributed by atoms with van der Waals surface area (Å²) in [6.07, 6.45) is 1.09. The number of ether oxygens (including phenoxy) is 1. The molecule has 3 N–H and O–H groups in total. The molecule has 0 bridgehead atoms. The number of hydrogen-bond acceptors (Lipinski definition) is 7. The molecule has 0 amide bonds. The van der Waals surface area contributed by atoms with E-state index < -0.39 is 27.8 Å². The molecular weight excluding hydrogens is 364 g/mol. The van der Waals surface area contributed by atoms with Gasteiger partial charge in [0.25, 0.3) is 10.1 Å². The first-order valence-electron chi connectivity index (χ1n) is 7.97. The number of nitrogens with one attached hydrogen (secondary N) is 1. The van der Waals surface area contributed by atoms with Crippen LogP contribution in [-0.2, 0) is 30.2 Å². The Labute approximate surface area is 151 Å². The summed E-state index contributed by atoms with van der Waals surface area (Å²) in [7, 11) is -4.15. The van der Waals surface area contributed by atoms with Gasteiger partial charge in [-0.2, -0.15) is 13.5 Å². The van der Waals surface area contributed by atoms with E-state index in [2.05, 4.69) is 10.5 Å². The summed E-state index contributed by atoms with van der Waals surface area (Å²) in [5, 5.41) is 12.6. The fourth-order valence-corrected chi connectivity index (χ4v) is 2.66. The molecule has 0 aliphatic carbocycles. The van der Waals surface area contributed by atoms with E-state index in [-0.39, 0.29) is 25.2 Å². The van der Waals surface area contributed by atoms with Crippen LogP contribution in [-0.4, -0.2) is 42.3 Å². The van der Waals surface area contributed by atoms with Crippen LogP contribution in [0.2, 0.25) is 0 Å². The van der Waals surface area contributed by atoms with Gasteiger partial charge in [-0.05, 0) is 43.9 Å². The van der Waals surface area contributed by atoms with E-state index in [1.807, 2.05) is 0 Å². The van der Waals surface area contributed by atoms with E-state index in [1.165, 1.54) is 12.1 Å². The Morgan fingerprint density at radius 3 is 2.54 bits per heavy atom. The molecule has 10 heteroatoms. The maximum Gasteiger partial charge on any atom is 0.354 e. The SMILES string of the molecule is CCOC(=O)/C(CCCCC(=O)O)=N/Nc1cccc(CS(=O)(=O)O)c1. The molecule has 0 unspecified atom stereocenters. The first-order chi connectivity index (χ1) is 12.2. The number of carboxylic acid groups (broad SMARTS) is 1. The van der Waals surface area contributed by atoms with E-state index in [4.69, 9.17) is 14.4 Å². The Morgan fingerprint density at radius 1 is 1.23 bits per heavy atom. The number of esters is 1. The van der Waals surface area contributed by atoms with Gasteiger partial charge in [-0.1, -0.05) is 12.1 Å². The third-order valence-corrected chi connectivity index (χ3v) is 3.86. The van der Waals surface area contributed by atoms with Crippen LogP contribution in [0.1, 0.15) is 38.2 Å². The summed E-state index contributed by atoms with van der Waals surface area (Å²) >= 11 is 0. The van der Waals surface area contributed by atoms with Crippen molar-refractivity contribution in [2.75, 3.05) is 12.0 Å². The minimum absolute atomic E-state index is 0.00120. The minimum atomic E-state index is -4.15. The van der Waals surface area contributed by atoms with Crippen molar-refractivity contribution in [3.63, 3.8) is 0 Å². The normalized spacial score (nSPS) is 11.8. The van der Waals surface area contributed by atoms with Gasteiger partial charge in [-0.3, -0.25) is 14.8 Å². The lowest BCUT2D eigenvalue weighted by atomic mass is 10.1. The van der Waals surface area contributed by atoms with Crippen molar-refractivity contribution in [2.45, 2.75) is 38.4 Å². The summed E-state index contributed by atoms with van der Waals surface area (Å²) < 4.78 is 35.7. The quantitative estimate of drug-likeness (QED) is 0.172. The molecule has 0 saturated carbocycles. The largest absolute Gasteiger partial charge is 0.481 e. The summed E-state index contributed by atoms with van der Waals surface area (Å²) in [6.45, 7) is 1.84. The lowest BCUT2D eigenvalue weighted by Crippen LogP contribution is -2.19. The van der Waals surface area contributed by atoms with Crippen LogP contribution in [0.25, 0.3) is 0 Å². The topological polar surface area (TPSA) is 142 Å². The molecule has 0 heterocycles. The van der Waals surface area contributed by atoms with Crippen LogP contribution in [0.5, 0.6) is 0 Å². The first-order valence-corrected chi connectivity index (χ1v) is 9.57. The summed E-state index contributed by atoms with van der Waals surface area (Å²) in [6, 6.07) is 6.20. The molecule has 0 aromatic heterocycles. The molecule has 0 fully saturated rings. The zero-order valence-corrected chi connectivity index (χ0v) is 15.2. The van der Waals surface area contributed by atoms with E-state index in [1.54, 1.807) is 19.1 Å². The van der Waals surface area contributed by atoms with Gasteiger partial charge in [0.2, 0.25) is 0 Å². The molecule has 26 heavy (non-hydrogen) atoms. The molecular formula is C16H22N2O7S. The molecule has 0 spiro atoms. The van der Waals surface area contributed by atoms with E-state index >= 15 is 0 Å². The molecule has 0 atom stereocenters. The predicted molar refractivity (Wildman–Crippen MR) is 95.5 cm³/mol. The Kier molecular flexibility index (Phi) is 8.73. The van der Waals surface area contributed by atoms with Gasteiger partial charge in [0.1, 0.15) is 11.5 Å². The van der Waals surface area contributed by atoms with E-state index in [9.17, 15) is 18.0 Å². The number of carboxylic acids is 1. The molecule has 1 aromatic carbocycles. The molecule has 1 rings (SSSR count). The van der Waals surface area contributed by atoms with E-state index in [0.717, 1.165) is 0 Å². The molecule has 1 aromatic rings. The number of rotatable bonds is 11. The molecule has 9 nitrogen and oxygen atoms in total. The zero-order valence-electron chi connectivity index (χ0n) is 14.3. The van der Waals surface area contributed by atoms with Gasteiger partial charge in [0, 0.05) is 6.42 Å². The third kappa shape index (κ3) is 9.14. The standard InChI is InChI=1S/C16H22N2O7S/c1-2-25-16(21)14(8-3-4-9-15(19)20)18-17-13-7-5-6-12(10-13)11-26(22,23)24/h5-7,10,17H,2-4,8-9,11H2,1H3,(H,19,20)(H,22,23,24)/b18-14+. The molecule has 0 aliphatic heterocycles. The Bertz CT molecular complexity index is 760. The highest BCUT2D eigenvalue weighted by Crippen LogP contribution is 2.13. The number of carbonyl (C=O) groups excluding carboxylic acids is 1. The maximum atomic E-state index is 11.9. The van der Waals surface area contributed by atoms with Crippen molar-refractivity contribution in [2.24, 2.45) is 5.10 Å². The number of benzene rings is 1. The monoisotopic (exact) mass is 386 g/mol. The number of anilines is 1. The van der Waals surface area contributed by atoms with Gasteiger partial charge >= 0.3 is 11.9 Å². The maximum absolute atomic E-state index is 11.9. The lowest BCUT2D eigenvalue weighted by molar-refractivity contribution is -0.137. The Balaban J connectivity index is 2.80. The molecule has 0 saturated heterocycles. The fourth-order valence-electron chi connectivity index (χ4n) is 2.06. The number of aliphatic carboxylic acids is 1. The van der Waals surface area contributed by atoms with Crippen molar-refractivity contribution >= 4 is 33.5 Å². The van der Waals surface area contributed by atoms with Gasteiger partial charge in [0.15, 0.2) is 0 Å². The lowest BCUT2D eigenvalue weighted by Gasteiger charge is -2.08. The van der Waals surface area contributed by atoms with Crippen LogP contribution in [0.15, 0.2) is 29.4 Å². The Morgan fingerprint density at radius 2 is 1.92 bits per heavy atom. The highest BCUT2D eigenvalue weighted by molar-refractivity contribution is 7.85. The Hall–Kier alpha value is -2.46. The van der Waals surface area contributed by atoms with Gasteiger partial charge < -0.3 is 9.84 Å². The van der Waals surface area contributed by atoms with Crippen molar-refractivity contribution in [1.29, 1.82) is 0 Å². The average molecular weight is 386 g/mol. The molecule has 0 aliphatic rings. The number of nitrogens with zero attached hydrogens (tertiary/aromatic N) is 1. The van der Waals surface area contributed by atoms with Crippen molar-refractivity contribution in [1.82, 2.24) is 0 Å². The van der Waals surface area contributed by atoms with Gasteiger partial charge in [-0.25, -0.2) is 4.79 Å². The second-order valence-corrected chi connectivity index (χ2v) is 6.87. The van der Waals surface area contributed by atoms with E-state index in [0.29, 0.717) is 24.1 Å². The second kappa shape index (κ2) is 10.5. The van der Waals surface area contributed by atoms with Crippen LogP contribution < -0.4 is 5.43 Å².